The summed E-state index contributed by atoms with van der Waals surface area (Å²) in [6, 6.07) is -0.0162. The molecule has 0 amide bonds. The first-order valence-corrected chi connectivity index (χ1v) is 3.20. The lowest BCUT2D eigenvalue weighted by Crippen LogP contribution is -2.49. The molecule has 1 atom stereocenters. The second-order valence-corrected chi connectivity index (χ2v) is 2.78. The van der Waals surface area contributed by atoms with Crippen LogP contribution in [0.25, 0.3) is 0 Å². The van der Waals surface area contributed by atoms with Gasteiger partial charge in [-0.2, -0.15) is 0 Å². The van der Waals surface area contributed by atoms with Crippen molar-refractivity contribution in [2.24, 2.45) is 5.84 Å². The quantitative estimate of drug-likeness (QED) is 0.374. The molecule has 0 saturated carbocycles. The predicted molar refractivity (Wildman–Crippen MR) is 37.7 cm³/mol. The molecule has 4 N–H and O–H groups in total. The van der Waals surface area contributed by atoms with Crippen LogP contribution in [0.1, 0.15) is 27.2 Å². The fourth-order valence-electron chi connectivity index (χ4n) is 0.821. The molecule has 0 aromatic rings. The fourth-order valence-corrected chi connectivity index (χ4v) is 0.821. The largest absolute Gasteiger partial charge is 0.389 e. The number of rotatable bonds is 3. The summed E-state index contributed by atoms with van der Waals surface area (Å²) in [6.07, 6.45) is 0.833. The van der Waals surface area contributed by atoms with Crippen LogP contribution in [-0.2, 0) is 0 Å². The average Bonchev–Trinajstić information content (AvgIpc) is 1.65. The second kappa shape index (κ2) is 3.15. The Morgan fingerprint density at radius 3 is 2.11 bits per heavy atom. The standard InChI is InChI=1S/C6H16N2O/c1-4-5(8-7)6(2,3)9/h5,8-9H,4,7H2,1-3H3. The molecular weight excluding hydrogens is 116 g/mol. The summed E-state index contributed by atoms with van der Waals surface area (Å²) >= 11 is 0. The summed E-state index contributed by atoms with van der Waals surface area (Å²) in [5.74, 6) is 5.16. The third kappa shape index (κ3) is 2.79. The van der Waals surface area contributed by atoms with Crippen molar-refractivity contribution < 1.29 is 5.11 Å². The molecule has 0 aliphatic heterocycles. The van der Waals surface area contributed by atoms with Crippen molar-refractivity contribution in [1.82, 2.24) is 5.43 Å². The Balaban J connectivity index is 3.79. The summed E-state index contributed by atoms with van der Waals surface area (Å²) in [5, 5.41) is 9.33. The lowest BCUT2D eigenvalue weighted by molar-refractivity contribution is 0.0363. The van der Waals surface area contributed by atoms with Gasteiger partial charge < -0.3 is 5.11 Å². The number of aliphatic hydroxyl groups is 1. The van der Waals surface area contributed by atoms with E-state index in [0.717, 1.165) is 6.42 Å². The molecule has 3 heteroatoms. The minimum Gasteiger partial charge on any atom is -0.389 e. The number of hydrogen-bond acceptors (Lipinski definition) is 3. The SMILES string of the molecule is CCC(NN)C(C)(C)O. The first-order chi connectivity index (χ1) is 4.02. The van der Waals surface area contributed by atoms with Crippen molar-refractivity contribution in [2.75, 3.05) is 0 Å². The van der Waals surface area contributed by atoms with Crippen LogP contribution in [0.5, 0.6) is 0 Å². The van der Waals surface area contributed by atoms with E-state index < -0.39 is 5.60 Å². The summed E-state index contributed by atoms with van der Waals surface area (Å²) in [5.41, 5.74) is 1.82. The van der Waals surface area contributed by atoms with E-state index in [1.807, 2.05) is 6.92 Å². The van der Waals surface area contributed by atoms with Crippen LogP contribution in [0.3, 0.4) is 0 Å². The minimum atomic E-state index is -0.719. The van der Waals surface area contributed by atoms with E-state index in [9.17, 15) is 5.11 Å². The predicted octanol–water partition coefficient (Wildman–Crippen LogP) is -0.000800. The molecule has 0 radical (unpaired) electrons. The highest BCUT2D eigenvalue weighted by molar-refractivity contribution is 4.79. The van der Waals surface area contributed by atoms with Gasteiger partial charge in [0.05, 0.1) is 5.60 Å². The van der Waals surface area contributed by atoms with Crippen LogP contribution in [0, 0.1) is 0 Å². The van der Waals surface area contributed by atoms with Gasteiger partial charge in [0.15, 0.2) is 0 Å². The van der Waals surface area contributed by atoms with Crippen molar-refractivity contribution in [3.63, 3.8) is 0 Å². The van der Waals surface area contributed by atoms with Crippen molar-refractivity contribution in [3.05, 3.63) is 0 Å². The highest BCUT2D eigenvalue weighted by Gasteiger charge is 2.23. The molecule has 0 aliphatic carbocycles. The monoisotopic (exact) mass is 132 g/mol. The molecule has 1 unspecified atom stereocenters. The third-order valence-electron chi connectivity index (χ3n) is 1.46. The van der Waals surface area contributed by atoms with Gasteiger partial charge in [0.2, 0.25) is 0 Å². The van der Waals surface area contributed by atoms with Crippen LogP contribution >= 0.6 is 0 Å². The third-order valence-corrected chi connectivity index (χ3v) is 1.46. The zero-order valence-corrected chi connectivity index (χ0v) is 6.31. The average molecular weight is 132 g/mol. The van der Waals surface area contributed by atoms with E-state index in [-0.39, 0.29) is 6.04 Å². The molecule has 0 heterocycles. The maximum Gasteiger partial charge on any atom is 0.0757 e. The molecule has 0 bridgehead atoms. The second-order valence-electron chi connectivity index (χ2n) is 2.78. The van der Waals surface area contributed by atoms with E-state index >= 15 is 0 Å². The van der Waals surface area contributed by atoms with Crippen LogP contribution in [0.2, 0.25) is 0 Å². The van der Waals surface area contributed by atoms with Crippen LogP contribution in [-0.4, -0.2) is 16.7 Å². The number of hydrogen-bond donors (Lipinski definition) is 3. The Morgan fingerprint density at radius 1 is 1.67 bits per heavy atom. The van der Waals surface area contributed by atoms with Gasteiger partial charge in [-0.15, -0.1) is 0 Å². The Labute approximate surface area is 56.2 Å². The van der Waals surface area contributed by atoms with Crippen LogP contribution < -0.4 is 11.3 Å². The van der Waals surface area contributed by atoms with E-state index in [4.69, 9.17) is 5.84 Å². The molecular formula is C6H16N2O. The molecule has 0 saturated heterocycles. The fraction of sp³-hybridized carbons (Fsp3) is 1.00. The van der Waals surface area contributed by atoms with Gasteiger partial charge in [0.25, 0.3) is 0 Å². The molecule has 0 aromatic carbocycles. The number of nitrogens with two attached hydrogens (primary N) is 1. The maximum absolute atomic E-state index is 9.33. The first-order valence-electron chi connectivity index (χ1n) is 3.20. The molecule has 0 spiro atoms. The van der Waals surface area contributed by atoms with Gasteiger partial charge in [0.1, 0.15) is 0 Å². The highest BCUT2D eigenvalue weighted by atomic mass is 16.3. The number of hydrazine groups is 1. The van der Waals surface area contributed by atoms with E-state index in [0.29, 0.717) is 0 Å². The topological polar surface area (TPSA) is 58.3 Å². The van der Waals surface area contributed by atoms with Crippen LogP contribution in [0.15, 0.2) is 0 Å². The molecule has 0 rings (SSSR count). The summed E-state index contributed by atoms with van der Waals surface area (Å²) in [4.78, 5) is 0. The Kier molecular flexibility index (Phi) is 3.11. The molecule has 0 fully saturated rings. The minimum absolute atomic E-state index is 0.0162. The van der Waals surface area contributed by atoms with Crippen molar-refractivity contribution in [1.29, 1.82) is 0 Å². The highest BCUT2D eigenvalue weighted by Crippen LogP contribution is 2.09. The first kappa shape index (κ1) is 8.88. The van der Waals surface area contributed by atoms with Gasteiger partial charge >= 0.3 is 0 Å². The van der Waals surface area contributed by atoms with E-state index in [1.165, 1.54) is 0 Å². The van der Waals surface area contributed by atoms with Gasteiger partial charge in [-0.1, -0.05) is 6.92 Å². The zero-order chi connectivity index (χ0) is 7.49. The van der Waals surface area contributed by atoms with E-state index in [1.54, 1.807) is 13.8 Å². The molecule has 56 valence electrons. The van der Waals surface area contributed by atoms with Crippen molar-refractivity contribution in [3.8, 4) is 0 Å². The van der Waals surface area contributed by atoms with Gasteiger partial charge in [-0.05, 0) is 20.3 Å². The lowest BCUT2D eigenvalue weighted by atomic mass is 9.98. The summed E-state index contributed by atoms with van der Waals surface area (Å²) in [6.45, 7) is 5.45. The smallest absolute Gasteiger partial charge is 0.0757 e. The van der Waals surface area contributed by atoms with Crippen molar-refractivity contribution in [2.45, 2.75) is 38.8 Å². The van der Waals surface area contributed by atoms with Gasteiger partial charge in [0, 0.05) is 6.04 Å². The normalized spacial score (nSPS) is 15.7. The maximum atomic E-state index is 9.33. The Bertz CT molecular complexity index is 73.6. The van der Waals surface area contributed by atoms with Gasteiger partial charge in [-0.3, -0.25) is 11.3 Å². The van der Waals surface area contributed by atoms with Crippen molar-refractivity contribution >= 4 is 0 Å². The molecule has 0 aliphatic rings. The molecule has 9 heavy (non-hydrogen) atoms. The summed E-state index contributed by atoms with van der Waals surface area (Å²) in [7, 11) is 0. The molecule has 0 aromatic heterocycles. The lowest BCUT2D eigenvalue weighted by Gasteiger charge is -2.27. The van der Waals surface area contributed by atoms with Gasteiger partial charge in [-0.25, -0.2) is 0 Å². The molecule has 3 nitrogen and oxygen atoms in total. The van der Waals surface area contributed by atoms with E-state index in [2.05, 4.69) is 5.43 Å². The summed E-state index contributed by atoms with van der Waals surface area (Å²) < 4.78 is 0. The van der Waals surface area contributed by atoms with Crippen LogP contribution in [0.4, 0.5) is 0 Å². The Morgan fingerprint density at radius 2 is 2.11 bits per heavy atom. The zero-order valence-electron chi connectivity index (χ0n) is 6.31. The Hall–Kier alpha value is -0.120. The number of nitrogens with one attached hydrogen (secondary N) is 1.